The van der Waals surface area contributed by atoms with Crippen LogP contribution < -0.4 is 14.8 Å². The third kappa shape index (κ3) is 3.50. The van der Waals surface area contributed by atoms with Gasteiger partial charge in [0.1, 0.15) is 4.32 Å². The molecule has 1 fully saturated rings. The third-order valence-corrected chi connectivity index (χ3v) is 4.22. The Bertz CT molecular complexity index is 842. The van der Waals surface area contributed by atoms with E-state index in [4.69, 9.17) is 26.1 Å². The van der Waals surface area contributed by atoms with Crippen molar-refractivity contribution in [3.05, 3.63) is 52.8 Å². The molecule has 3 rings (SSSR count). The smallest absolute Gasteiger partial charge is 0.379 e. The van der Waals surface area contributed by atoms with Gasteiger partial charge in [0, 0.05) is 0 Å². The summed E-state index contributed by atoms with van der Waals surface area (Å²) in [5.41, 5.74) is 0.715. The number of amides is 1. The van der Waals surface area contributed by atoms with Crippen molar-refractivity contribution in [3.63, 3.8) is 0 Å². The summed E-state index contributed by atoms with van der Waals surface area (Å²) in [6.45, 7) is 0. The third-order valence-electron chi connectivity index (χ3n) is 3.05. The first kappa shape index (κ1) is 16.3. The highest BCUT2D eigenvalue weighted by molar-refractivity contribution is 8.26. The highest BCUT2D eigenvalue weighted by Gasteiger charge is 2.22. The van der Waals surface area contributed by atoms with E-state index < -0.39 is 5.97 Å². The number of thioether (sulfide) groups is 1. The van der Waals surface area contributed by atoms with E-state index in [9.17, 15) is 9.59 Å². The Kier molecular flexibility index (Phi) is 4.68. The summed E-state index contributed by atoms with van der Waals surface area (Å²) in [4.78, 5) is 24.1. The van der Waals surface area contributed by atoms with E-state index >= 15 is 0 Å². The fourth-order valence-corrected chi connectivity index (χ4v) is 3.02. The highest BCUT2D eigenvalue weighted by atomic mass is 32.2. The quantitative estimate of drug-likeness (QED) is 0.388. The predicted octanol–water partition coefficient (Wildman–Crippen LogP) is 3.00. The minimum absolute atomic E-state index is 0.0933. The predicted molar refractivity (Wildman–Crippen MR) is 93.0 cm³/mol. The molecule has 0 atom stereocenters. The maximum Gasteiger partial charge on any atom is 0.379 e. The van der Waals surface area contributed by atoms with Gasteiger partial charge in [-0.2, -0.15) is 0 Å². The van der Waals surface area contributed by atoms with Crippen LogP contribution in [0.5, 0.6) is 11.5 Å². The van der Waals surface area contributed by atoms with Crippen molar-refractivity contribution in [1.29, 1.82) is 0 Å². The van der Waals surface area contributed by atoms with Crippen LogP contribution in [0.3, 0.4) is 0 Å². The lowest BCUT2D eigenvalue weighted by atomic mass is 10.2. The zero-order chi connectivity index (χ0) is 17.1. The molecule has 1 aromatic heterocycles. The molecule has 0 bridgehead atoms. The van der Waals surface area contributed by atoms with Gasteiger partial charge in [-0.05, 0) is 35.9 Å². The monoisotopic (exact) mass is 361 g/mol. The Hall–Kier alpha value is -2.58. The molecule has 122 valence electrons. The van der Waals surface area contributed by atoms with Crippen molar-refractivity contribution in [2.24, 2.45) is 0 Å². The number of carbonyl (C=O) groups excluding carboxylic acids is 2. The van der Waals surface area contributed by atoms with E-state index in [2.05, 4.69) is 5.32 Å². The second-order valence-corrected chi connectivity index (χ2v) is 6.35. The molecule has 1 amide bonds. The Morgan fingerprint density at radius 1 is 1.33 bits per heavy atom. The summed E-state index contributed by atoms with van der Waals surface area (Å²) < 4.78 is 15.9. The number of ether oxygens (including phenoxy) is 2. The van der Waals surface area contributed by atoms with Gasteiger partial charge < -0.3 is 19.2 Å². The number of thiocarbonyl (C=S) groups is 1. The first-order chi connectivity index (χ1) is 11.6. The molecule has 2 aromatic rings. The zero-order valence-electron chi connectivity index (χ0n) is 12.4. The molecule has 1 saturated heterocycles. The molecule has 24 heavy (non-hydrogen) atoms. The van der Waals surface area contributed by atoms with Crippen molar-refractivity contribution < 1.29 is 23.5 Å². The van der Waals surface area contributed by atoms with Gasteiger partial charge >= 0.3 is 5.97 Å². The van der Waals surface area contributed by atoms with Crippen LogP contribution >= 0.6 is 24.0 Å². The first-order valence-electron chi connectivity index (χ1n) is 6.75. The molecule has 2 heterocycles. The summed E-state index contributed by atoms with van der Waals surface area (Å²) in [6.07, 6.45) is 3.07. The maximum absolute atomic E-state index is 11.9. The van der Waals surface area contributed by atoms with Crippen molar-refractivity contribution in [1.82, 2.24) is 5.32 Å². The standard InChI is InChI=1S/C16H11NO5S2/c1-20-12-7-9(8-13-14(18)17-16(23)24-13)4-5-10(12)22-15(19)11-3-2-6-21-11/h2-8H,1H3,(H,17,18,23)/b13-8-. The van der Waals surface area contributed by atoms with Gasteiger partial charge in [0.15, 0.2) is 11.5 Å². The largest absolute Gasteiger partial charge is 0.493 e. The number of furan rings is 1. The molecule has 1 aromatic carbocycles. The lowest BCUT2D eigenvalue weighted by molar-refractivity contribution is -0.115. The fraction of sp³-hybridized carbons (Fsp3) is 0.0625. The van der Waals surface area contributed by atoms with Gasteiger partial charge in [0.25, 0.3) is 5.91 Å². The minimum atomic E-state index is -0.625. The Morgan fingerprint density at radius 3 is 2.79 bits per heavy atom. The average Bonchev–Trinajstić information content (AvgIpc) is 3.19. The number of benzene rings is 1. The van der Waals surface area contributed by atoms with Crippen molar-refractivity contribution in [2.75, 3.05) is 7.11 Å². The van der Waals surface area contributed by atoms with E-state index in [0.29, 0.717) is 20.5 Å². The number of esters is 1. The van der Waals surface area contributed by atoms with Crippen LogP contribution in [-0.4, -0.2) is 23.3 Å². The molecule has 1 aliphatic heterocycles. The highest BCUT2D eigenvalue weighted by Crippen LogP contribution is 2.32. The Morgan fingerprint density at radius 2 is 2.17 bits per heavy atom. The number of hydrogen-bond acceptors (Lipinski definition) is 7. The Labute approximate surface area is 146 Å². The van der Waals surface area contributed by atoms with Crippen LogP contribution in [0.2, 0.25) is 0 Å². The summed E-state index contributed by atoms with van der Waals surface area (Å²) in [5.74, 6) is -0.163. The summed E-state index contributed by atoms with van der Waals surface area (Å²) in [5, 5.41) is 2.54. The van der Waals surface area contributed by atoms with Gasteiger partial charge in [-0.15, -0.1) is 0 Å². The normalized spacial score (nSPS) is 15.5. The summed E-state index contributed by atoms with van der Waals surface area (Å²) in [6, 6.07) is 8.05. The second-order valence-electron chi connectivity index (χ2n) is 4.63. The number of nitrogens with one attached hydrogen (secondary N) is 1. The average molecular weight is 361 g/mol. The Balaban J connectivity index is 1.83. The lowest BCUT2D eigenvalue weighted by Crippen LogP contribution is -2.17. The van der Waals surface area contributed by atoms with Crippen LogP contribution in [-0.2, 0) is 4.79 Å². The molecule has 0 radical (unpaired) electrons. The van der Waals surface area contributed by atoms with Gasteiger partial charge in [-0.3, -0.25) is 4.79 Å². The fourth-order valence-electron chi connectivity index (χ4n) is 1.98. The SMILES string of the molecule is COc1cc(/C=C2\SC(=S)NC2=O)ccc1OC(=O)c1ccco1. The minimum Gasteiger partial charge on any atom is -0.493 e. The number of carbonyl (C=O) groups is 2. The molecular formula is C16H11NO5S2. The van der Waals surface area contributed by atoms with E-state index in [1.165, 1.54) is 31.2 Å². The lowest BCUT2D eigenvalue weighted by Gasteiger charge is -2.09. The first-order valence-corrected chi connectivity index (χ1v) is 7.98. The molecule has 8 heteroatoms. The van der Waals surface area contributed by atoms with E-state index in [1.807, 2.05) is 0 Å². The van der Waals surface area contributed by atoms with E-state index in [0.717, 1.165) is 0 Å². The molecule has 0 unspecified atom stereocenters. The van der Waals surface area contributed by atoms with Crippen LogP contribution in [0, 0.1) is 0 Å². The molecule has 1 aliphatic rings. The van der Waals surface area contributed by atoms with E-state index in [1.54, 1.807) is 30.3 Å². The molecule has 0 spiro atoms. The second kappa shape index (κ2) is 6.90. The van der Waals surface area contributed by atoms with Gasteiger partial charge in [0.05, 0.1) is 18.3 Å². The van der Waals surface area contributed by atoms with Crippen LogP contribution in [0.15, 0.2) is 45.9 Å². The van der Waals surface area contributed by atoms with Gasteiger partial charge in [-0.1, -0.05) is 30.0 Å². The molecule has 6 nitrogen and oxygen atoms in total. The number of hydrogen-bond donors (Lipinski definition) is 1. The molecule has 1 N–H and O–H groups in total. The van der Waals surface area contributed by atoms with Crippen LogP contribution in [0.1, 0.15) is 16.1 Å². The van der Waals surface area contributed by atoms with Crippen molar-refractivity contribution in [3.8, 4) is 11.5 Å². The molecule has 0 aliphatic carbocycles. The zero-order valence-corrected chi connectivity index (χ0v) is 14.0. The number of rotatable bonds is 4. The van der Waals surface area contributed by atoms with Crippen LogP contribution in [0.25, 0.3) is 6.08 Å². The number of methoxy groups -OCH3 is 1. The topological polar surface area (TPSA) is 77.8 Å². The molecule has 0 saturated carbocycles. The summed E-state index contributed by atoms with van der Waals surface area (Å²) in [7, 11) is 1.46. The van der Waals surface area contributed by atoms with Crippen molar-refractivity contribution >= 4 is 46.3 Å². The van der Waals surface area contributed by atoms with Crippen molar-refractivity contribution in [2.45, 2.75) is 0 Å². The van der Waals surface area contributed by atoms with E-state index in [-0.39, 0.29) is 17.4 Å². The van der Waals surface area contributed by atoms with Gasteiger partial charge in [0.2, 0.25) is 5.76 Å². The molecular weight excluding hydrogens is 350 g/mol. The van der Waals surface area contributed by atoms with Gasteiger partial charge in [-0.25, -0.2) is 4.79 Å². The maximum atomic E-state index is 11.9. The van der Waals surface area contributed by atoms with Crippen LogP contribution in [0.4, 0.5) is 0 Å². The summed E-state index contributed by atoms with van der Waals surface area (Å²) >= 11 is 6.13.